The molecule has 2 fully saturated rings. The first-order valence-corrected chi connectivity index (χ1v) is 17.5. The number of carbonyl (C=O) groups excluding carboxylic acids is 4. The second-order valence-corrected chi connectivity index (χ2v) is 16.2. The number of hydrogen-bond donors (Lipinski definition) is 0. The van der Waals surface area contributed by atoms with E-state index >= 15 is 0 Å². The zero-order valence-electron chi connectivity index (χ0n) is 27.6. The summed E-state index contributed by atoms with van der Waals surface area (Å²) in [5, 5.41) is -1.50. The van der Waals surface area contributed by atoms with Crippen LogP contribution in [0.5, 0.6) is 11.5 Å². The van der Waals surface area contributed by atoms with Crippen molar-refractivity contribution in [3.8, 4) is 11.5 Å². The minimum absolute atomic E-state index is 0.0610. The molecule has 48 heavy (non-hydrogen) atoms. The lowest BCUT2D eigenvalue weighted by Gasteiger charge is -2.56. The van der Waals surface area contributed by atoms with Crippen LogP contribution in [0.15, 0.2) is 12.1 Å². The third-order valence-electron chi connectivity index (χ3n) is 11.3. The van der Waals surface area contributed by atoms with Crippen LogP contribution in [0.4, 0.5) is 0 Å². The standard InChI is InChI=1S/C34H36Cl6O8/c1-13-17(14(2)33(13,5)6)11-45-29(41)23-25(39)19(35)9-21(37)27(23)47-31(43)32(44)48-28-22(38)10-20(36)26(40)24(28)30(42)46-12-18-15(3)34(7,8)16(18)4/h9-10,13-18H,11-12H2,1-8H3. The highest BCUT2D eigenvalue weighted by Crippen LogP contribution is 2.56. The van der Waals surface area contributed by atoms with Gasteiger partial charge in [0.05, 0.1) is 43.3 Å². The van der Waals surface area contributed by atoms with Crippen molar-refractivity contribution >= 4 is 93.5 Å². The summed E-state index contributed by atoms with van der Waals surface area (Å²) in [6.45, 7) is 17.0. The van der Waals surface area contributed by atoms with Gasteiger partial charge in [0.25, 0.3) is 0 Å². The van der Waals surface area contributed by atoms with Crippen LogP contribution in [-0.2, 0) is 19.1 Å². The lowest BCUT2D eigenvalue weighted by molar-refractivity contribution is -0.156. The van der Waals surface area contributed by atoms with Gasteiger partial charge in [-0.1, -0.05) is 125 Å². The molecule has 0 bridgehead atoms. The van der Waals surface area contributed by atoms with Gasteiger partial charge in [0, 0.05) is 0 Å². The summed E-state index contributed by atoms with van der Waals surface area (Å²) in [5.41, 5.74) is -0.802. The molecule has 0 saturated heterocycles. The van der Waals surface area contributed by atoms with E-state index in [1.54, 1.807) is 0 Å². The van der Waals surface area contributed by atoms with E-state index in [-0.39, 0.29) is 89.7 Å². The van der Waals surface area contributed by atoms with Crippen molar-refractivity contribution in [2.75, 3.05) is 13.2 Å². The van der Waals surface area contributed by atoms with Gasteiger partial charge in [-0.15, -0.1) is 0 Å². The Labute approximate surface area is 309 Å². The quantitative estimate of drug-likeness (QED) is 0.113. The van der Waals surface area contributed by atoms with Crippen LogP contribution in [0.1, 0.15) is 76.1 Å². The molecule has 2 aromatic rings. The Kier molecular flexibility index (Phi) is 11.6. The van der Waals surface area contributed by atoms with Gasteiger partial charge in [0.1, 0.15) is 11.1 Å². The molecule has 2 aromatic carbocycles. The predicted octanol–water partition coefficient (Wildman–Crippen LogP) is 10.3. The molecule has 0 heterocycles. The molecule has 4 unspecified atom stereocenters. The molecule has 0 radical (unpaired) electrons. The number of rotatable bonds is 8. The molecule has 4 atom stereocenters. The summed E-state index contributed by atoms with van der Waals surface area (Å²) in [5.74, 6) is -5.21. The lowest BCUT2D eigenvalue weighted by Crippen LogP contribution is -2.52. The maximum atomic E-state index is 13.3. The third kappa shape index (κ3) is 7.00. The van der Waals surface area contributed by atoms with E-state index in [2.05, 4.69) is 55.4 Å². The Morgan fingerprint density at radius 2 is 0.854 bits per heavy atom. The summed E-state index contributed by atoms with van der Waals surface area (Å²) in [6.07, 6.45) is 0. The summed E-state index contributed by atoms with van der Waals surface area (Å²) < 4.78 is 21.5. The zero-order chi connectivity index (χ0) is 36.2. The van der Waals surface area contributed by atoms with Crippen molar-refractivity contribution in [2.24, 2.45) is 46.3 Å². The fourth-order valence-electron chi connectivity index (χ4n) is 6.72. The summed E-state index contributed by atoms with van der Waals surface area (Å²) >= 11 is 37.6. The van der Waals surface area contributed by atoms with Gasteiger partial charge in [0.2, 0.25) is 0 Å². The van der Waals surface area contributed by atoms with Gasteiger partial charge >= 0.3 is 23.9 Å². The second-order valence-electron chi connectivity index (χ2n) is 13.8. The second kappa shape index (κ2) is 14.4. The van der Waals surface area contributed by atoms with Crippen LogP contribution in [0.3, 0.4) is 0 Å². The van der Waals surface area contributed by atoms with Crippen molar-refractivity contribution < 1.29 is 38.1 Å². The number of ether oxygens (including phenoxy) is 4. The van der Waals surface area contributed by atoms with Gasteiger partial charge in [-0.25, -0.2) is 19.2 Å². The van der Waals surface area contributed by atoms with Gasteiger partial charge < -0.3 is 18.9 Å². The molecule has 0 aliphatic heterocycles. The number of benzene rings is 2. The SMILES string of the molecule is CC1C(COC(=O)c2c(Cl)c(Cl)cc(Cl)c2OC(=O)C(=O)Oc2c(Cl)cc(Cl)c(Cl)c2C(=O)OCC2C(C)C(C)(C)C2C)C(C)C1(C)C. The minimum atomic E-state index is -1.65. The van der Waals surface area contributed by atoms with E-state index < -0.39 is 46.5 Å². The van der Waals surface area contributed by atoms with Crippen molar-refractivity contribution in [2.45, 2.75) is 55.4 Å². The van der Waals surface area contributed by atoms with Crippen molar-refractivity contribution in [1.29, 1.82) is 0 Å². The highest BCUT2D eigenvalue weighted by atomic mass is 35.5. The Hall–Kier alpha value is -1.94. The Bertz CT molecular complexity index is 1530. The summed E-state index contributed by atoms with van der Waals surface area (Å²) in [7, 11) is 0. The van der Waals surface area contributed by atoms with E-state index in [1.165, 1.54) is 0 Å². The first-order chi connectivity index (χ1) is 22.1. The average molecular weight is 785 g/mol. The van der Waals surface area contributed by atoms with E-state index in [0.29, 0.717) is 0 Å². The zero-order valence-corrected chi connectivity index (χ0v) is 32.1. The maximum absolute atomic E-state index is 13.3. The highest BCUT2D eigenvalue weighted by Gasteiger charge is 2.52. The number of esters is 4. The Morgan fingerprint density at radius 3 is 1.15 bits per heavy atom. The Morgan fingerprint density at radius 1 is 0.562 bits per heavy atom. The molecule has 2 aliphatic carbocycles. The molecule has 0 N–H and O–H groups in total. The van der Waals surface area contributed by atoms with Crippen LogP contribution >= 0.6 is 69.6 Å². The van der Waals surface area contributed by atoms with Crippen molar-refractivity contribution in [3.63, 3.8) is 0 Å². The largest absolute Gasteiger partial charge is 0.462 e. The van der Waals surface area contributed by atoms with Crippen molar-refractivity contribution in [1.82, 2.24) is 0 Å². The molecule has 8 nitrogen and oxygen atoms in total. The molecule has 2 saturated carbocycles. The number of hydrogen-bond acceptors (Lipinski definition) is 8. The predicted molar refractivity (Wildman–Crippen MR) is 186 cm³/mol. The van der Waals surface area contributed by atoms with Gasteiger partial charge in [0.15, 0.2) is 11.5 Å². The third-order valence-corrected chi connectivity index (χ3v) is 13.4. The van der Waals surface area contributed by atoms with Crippen LogP contribution < -0.4 is 9.47 Å². The first kappa shape index (κ1) is 38.9. The van der Waals surface area contributed by atoms with Gasteiger partial charge in [-0.2, -0.15) is 0 Å². The maximum Gasteiger partial charge on any atom is 0.423 e. The van der Waals surface area contributed by atoms with Gasteiger partial charge in [-0.3, -0.25) is 0 Å². The molecule has 0 spiro atoms. The van der Waals surface area contributed by atoms with E-state index in [1.807, 2.05) is 0 Å². The monoisotopic (exact) mass is 782 g/mol. The van der Waals surface area contributed by atoms with E-state index in [0.717, 1.165) is 12.1 Å². The molecule has 2 aliphatic rings. The molecule has 0 aromatic heterocycles. The average Bonchev–Trinajstić information content (AvgIpc) is 3.02. The summed E-state index contributed by atoms with van der Waals surface area (Å²) in [4.78, 5) is 52.7. The van der Waals surface area contributed by atoms with E-state index in [4.69, 9.17) is 88.6 Å². The lowest BCUT2D eigenvalue weighted by atomic mass is 9.50. The van der Waals surface area contributed by atoms with Crippen LogP contribution in [0.25, 0.3) is 0 Å². The van der Waals surface area contributed by atoms with Crippen molar-refractivity contribution in [3.05, 3.63) is 53.4 Å². The number of halogens is 6. The summed E-state index contributed by atoms with van der Waals surface area (Å²) in [6, 6.07) is 2.26. The fraction of sp³-hybridized carbons (Fsp3) is 0.529. The fourth-order valence-corrected chi connectivity index (χ4v) is 8.16. The molecular formula is C34H36Cl6O8. The highest BCUT2D eigenvalue weighted by molar-refractivity contribution is 6.47. The van der Waals surface area contributed by atoms with Crippen LogP contribution in [0, 0.1) is 46.3 Å². The van der Waals surface area contributed by atoms with Crippen LogP contribution in [-0.4, -0.2) is 37.1 Å². The smallest absolute Gasteiger partial charge is 0.423 e. The molecule has 0 amide bonds. The normalized spacial score (nSPS) is 25.3. The molecule has 262 valence electrons. The Balaban J connectivity index is 1.54. The first-order valence-electron chi connectivity index (χ1n) is 15.3. The van der Waals surface area contributed by atoms with Crippen LogP contribution in [0.2, 0.25) is 30.1 Å². The topological polar surface area (TPSA) is 105 Å². The molecule has 4 rings (SSSR count). The molecule has 14 heteroatoms. The minimum Gasteiger partial charge on any atom is -0.462 e. The van der Waals surface area contributed by atoms with Gasteiger partial charge in [-0.05, 0) is 58.5 Å². The van der Waals surface area contributed by atoms with E-state index in [9.17, 15) is 19.2 Å². The molecular weight excluding hydrogens is 749 g/mol. The number of carbonyl (C=O) groups is 4.